The molecule has 84 valence electrons. The molecule has 1 aromatic carbocycles. The van der Waals surface area contributed by atoms with E-state index in [0.29, 0.717) is 12.1 Å². The average Bonchev–Trinajstić information content (AvgIpc) is 2.30. The topological polar surface area (TPSA) is 54.9 Å². The Kier molecular flexibility index (Phi) is 2.87. The molecule has 0 radical (unpaired) electrons. The number of H-pyrrole nitrogens is 1. The average molecular weight is 236 g/mol. The molecule has 0 spiro atoms. The van der Waals surface area contributed by atoms with Gasteiger partial charge >= 0.3 is 11.1 Å². The first kappa shape index (κ1) is 11.0. The van der Waals surface area contributed by atoms with Gasteiger partial charge in [0.2, 0.25) is 0 Å². The molecule has 16 heavy (non-hydrogen) atoms. The van der Waals surface area contributed by atoms with Gasteiger partial charge in [0.05, 0.1) is 11.0 Å². The zero-order chi connectivity index (χ0) is 11.7. The summed E-state index contributed by atoms with van der Waals surface area (Å²) < 4.78 is 1.48. The van der Waals surface area contributed by atoms with E-state index < -0.39 is 11.1 Å². The first-order valence-electron chi connectivity index (χ1n) is 4.98. The maximum Gasteiger partial charge on any atom is 0.316 e. The standard InChI is InChI=1S/C11H12N2O2S/c1-3-13-9-5-4-7(16-2)6-8(9)12-10(14)11(13)15/h4-6H,3H2,1-2H3,(H,12,14). The highest BCUT2D eigenvalue weighted by Crippen LogP contribution is 2.18. The third-order valence-corrected chi connectivity index (χ3v) is 3.22. The normalized spacial score (nSPS) is 10.9. The van der Waals surface area contributed by atoms with Crippen LogP contribution in [0.25, 0.3) is 11.0 Å². The van der Waals surface area contributed by atoms with Crippen LogP contribution in [0, 0.1) is 0 Å². The maximum absolute atomic E-state index is 11.6. The second-order valence-corrected chi connectivity index (χ2v) is 4.27. The third-order valence-electron chi connectivity index (χ3n) is 2.50. The van der Waals surface area contributed by atoms with Gasteiger partial charge in [-0.2, -0.15) is 0 Å². The number of aromatic nitrogens is 2. The summed E-state index contributed by atoms with van der Waals surface area (Å²) in [7, 11) is 0. The minimum atomic E-state index is -0.562. The Labute approximate surface area is 96.3 Å². The summed E-state index contributed by atoms with van der Waals surface area (Å²) >= 11 is 1.60. The van der Waals surface area contributed by atoms with Crippen LogP contribution >= 0.6 is 11.8 Å². The van der Waals surface area contributed by atoms with E-state index in [1.807, 2.05) is 31.4 Å². The van der Waals surface area contributed by atoms with Crippen molar-refractivity contribution in [3.05, 3.63) is 38.9 Å². The lowest BCUT2D eigenvalue weighted by Crippen LogP contribution is -2.35. The van der Waals surface area contributed by atoms with Crippen molar-refractivity contribution in [3.63, 3.8) is 0 Å². The fourth-order valence-electron chi connectivity index (χ4n) is 1.70. The van der Waals surface area contributed by atoms with Crippen molar-refractivity contribution >= 4 is 22.8 Å². The molecular formula is C11H12N2O2S. The van der Waals surface area contributed by atoms with Crippen LogP contribution in [0.4, 0.5) is 0 Å². The molecule has 2 aromatic rings. The number of rotatable bonds is 2. The van der Waals surface area contributed by atoms with E-state index in [0.717, 1.165) is 10.4 Å². The number of benzene rings is 1. The lowest BCUT2D eigenvalue weighted by atomic mass is 10.3. The summed E-state index contributed by atoms with van der Waals surface area (Å²) in [5.74, 6) is 0. The van der Waals surface area contributed by atoms with Crippen LogP contribution in [-0.4, -0.2) is 15.8 Å². The molecule has 0 aliphatic heterocycles. The molecule has 0 amide bonds. The van der Waals surface area contributed by atoms with Crippen LogP contribution in [0.5, 0.6) is 0 Å². The number of fused-ring (bicyclic) bond motifs is 1. The Balaban J connectivity index is 2.90. The summed E-state index contributed by atoms with van der Waals surface area (Å²) in [5, 5.41) is 0. The molecule has 1 aromatic heterocycles. The summed E-state index contributed by atoms with van der Waals surface area (Å²) in [6.45, 7) is 2.35. The predicted octanol–water partition coefficient (Wildman–Crippen LogP) is 1.43. The maximum atomic E-state index is 11.6. The monoisotopic (exact) mass is 236 g/mol. The van der Waals surface area contributed by atoms with Crippen LogP contribution in [0.1, 0.15) is 6.92 Å². The molecule has 0 unspecified atom stereocenters. The minimum absolute atomic E-state index is 0.494. The fourth-order valence-corrected chi connectivity index (χ4v) is 2.14. The quantitative estimate of drug-likeness (QED) is 0.634. The molecule has 1 N–H and O–H groups in total. The summed E-state index contributed by atoms with van der Waals surface area (Å²) in [6.07, 6.45) is 1.97. The zero-order valence-electron chi connectivity index (χ0n) is 9.11. The van der Waals surface area contributed by atoms with Gasteiger partial charge in [0.25, 0.3) is 0 Å². The Bertz CT molecular complexity index is 642. The first-order valence-corrected chi connectivity index (χ1v) is 6.20. The Morgan fingerprint density at radius 2 is 2.12 bits per heavy atom. The lowest BCUT2D eigenvalue weighted by molar-refractivity contribution is 0.744. The third kappa shape index (κ3) is 1.67. The van der Waals surface area contributed by atoms with Gasteiger partial charge < -0.3 is 9.55 Å². The van der Waals surface area contributed by atoms with Crippen molar-refractivity contribution in [2.45, 2.75) is 18.4 Å². The van der Waals surface area contributed by atoms with Crippen LogP contribution in [0.3, 0.4) is 0 Å². The molecule has 2 rings (SSSR count). The van der Waals surface area contributed by atoms with Crippen molar-refractivity contribution in [2.24, 2.45) is 0 Å². The Morgan fingerprint density at radius 1 is 1.38 bits per heavy atom. The van der Waals surface area contributed by atoms with Crippen LogP contribution in [0.15, 0.2) is 32.7 Å². The second-order valence-electron chi connectivity index (χ2n) is 3.39. The molecule has 5 heteroatoms. The summed E-state index contributed by atoms with van der Waals surface area (Å²) in [6, 6.07) is 5.69. The molecule has 0 aliphatic carbocycles. The Morgan fingerprint density at radius 3 is 2.75 bits per heavy atom. The van der Waals surface area contributed by atoms with Crippen LogP contribution < -0.4 is 11.1 Å². The van der Waals surface area contributed by atoms with E-state index in [-0.39, 0.29) is 0 Å². The number of hydrogen-bond acceptors (Lipinski definition) is 3. The molecule has 0 fully saturated rings. The van der Waals surface area contributed by atoms with Crippen molar-refractivity contribution in [2.75, 3.05) is 6.26 Å². The first-order chi connectivity index (χ1) is 7.67. The fraction of sp³-hybridized carbons (Fsp3) is 0.273. The predicted molar refractivity (Wildman–Crippen MR) is 66.3 cm³/mol. The lowest BCUT2D eigenvalue weighted by Gasteiger charge is -2.07. The smallest absolute Gasteiger partial charge is 0.316 e. The van der Waals surface area contributed by atoms with Crippen LogP contribution in [0.2, 0.25) is 0 Å². The van der Waals surface area contributed by atoms with E-state index in [2.05, 4.69) is 4.98 Å². The number of aryl methyl sites for hydroxylation is 1. The molecule has 0 atom stereocenters. The van der Waals surface area contributed by atoms with Gasteiger partial charge in [-0.1, -0.05) is 0 Å². The highest BCUT2D eigenvalue weighted by atomic mass is 32.2. The largest absolute Gasteiger partial charge is 0.316 e. The molecule has 0 bridgehead atoms. The number of hydrogen-bond donors (Lipinski definition) is 1. The molecule has 1 heterocycles. The molecule has 0 saturated carbocycles. The molecule has 0 saturated heterocycles. The summed E-state index contributed by atoms with van der Waals surface area (Å²) in [4.78, 5) is 26.7. The van der Waals surface area contributed by atoms with E-state index in [9.17, 15) is 9.59 Å². The highest BCUT2D eigenvalue weighted by molar-refractivity contribution is 7.98. The van der Waals surface area contributed by atoms with Gasteiger partial charge in [-0.25, -0.2) is 0 Å². The van der Waals surface area contributed by atoms with Crippen molar-refractivity contribution in [1.82, 2.24) is 9.55 Å². The SMILES string of the molecule is CCn1c(=O)c(=O)[nH]c2cc(SC)ccc21. The van der Waals surface area contributed by atoms with Gasteiger partial charge in [-0.05, 0) is 31.4 Å². The van der Waals surface area contributed by atoms with Gasteiger partial charge in [0.15, 0.2) is 0 Å². The van der Waals surface area contributed by atoms with E-state index in [4.69, 9.17) is 0 Å². The molecular weight excluding hydrogens is 224 g/mol. The summed E-state index contributed by atoms with van der Waals surface area (Å²) in [5.41, 5.74) is 0.419. The number of thioether (sulfide) groups is 1. The van der Waals surface area contributed by atoms with Crippen molar-refractivity contribution < 1.29 is 0 Å². The van der Waals surface area contributed by atoms with E-state index in [1.165, 1.54) is 4.57 Å². The van der Waals surface area contributed by atoms with Crippen LogP contribution in [-0.2, 0) is 6.54 Å². The van der Waals surface area contributed by atoms with Crippen molar-refractivity contribution in [1.29, 1.82) is 0 Å². The van der Waals surface area contributed by atoms with Gasteiger partial charge in [0.1, 0.15) is 0 Å². The molecule has 0 aliphatic rings. The minimum Gasteiger partial charge on any atom is -0.316 e. The highest BCUT2D eigenvalue weighted by Gasteiger charge is 2.06. The number of aromatic amines is 1. The van der Waals surface area contributed by atoms with Gasteiger partial charge in [-0.3, -0.25) is 9.59 Å². The number of nitrogens with zero attached hydrogens (tertiary/aromatic N) is 1. The zero-order valence-corrected chi connectivity index (χ0v) is 9.93. The number of nitrogens with one attached hydrogen (secondary N) is 1. The Hall–Kier alpha value is -1.49. The van der Waals surface area contributed by atoms with Crippen molar-refractivity contribution in [3.8, 4) is 0 Å². The van der Waals surface area contributed by atoms with Gasteiger partial charge in [-0.15, -0.1) is 11.8 Å². The van der Waals surface area contributed by atoms with E-state index in [1.54, 1.807) is 11.8 Å². The van der Waals surface area contributed by atoms with E-state index >= 15 is 0 Å². The second kappa shape index (κ2) is 4.17. The molecule has 4 nitrogen and oxygen atoms in total. The van der Waals surface area contributed by atoms with Gasteiger partial charge in [0, 0.05) is 11.4 Å².